The van der Waals surface area contributed by atoms with Gasteiger partial charge in [-0.15, -0.1) is 0 Å². The summed E-state index contributed by atoms with van der Waals surface area (Å²) in [4.78, 5) is 2.41. The second kappa shape index (κ2) is 4.89. The van der Waals surface area contributed by atoms with E-state index >= 15 is 0 Å². The molecule has 0 radical (unpaired) electrons. The Bertz CT molecular complexity index is 622. The average molecular weight is 317 g/mol. The molecule has 1 aliphatic rings. The monoisotopic (exact) mass is 316 g/mol. The number of anilines is 2. The second-order valence-electron chi connectivity index (χ2n) is 5.10. The van der Waals surface area contributed by atoms with Crippen molar-refractivity contribution in [2.75, 3.05) is 17.2 Å². The fourth-order valence-corrected chi connectivity index (χ4v) is 3.05. The minimum atomic E-state index is 0.887. The summed E-state index contributed by atoms with van der Waals surface area (Å²) >= 11 is 3.62. The van der Waals surface area contributed by atoms with Gasteiger partial charge in [0.05, 0.1) is 0 Å². The van der Waals surface area contributed by atoms with Crippen molar-refractivity contribution in [2.45, 2.75) is 19.9 Å². The van der Waals surface area contributed by atoms with Crippen LogP contribution in [0.3, 0.4) is 0 Å². The van der Waals surface area contributed by atoms with Crippen molar-refractivity contribution in [1.82, 2.24) is 0 Å². The standard InChI is InChI=1S/C16H17BrN2/c1-11-8-12-6-7-19(16(12)9-15(11)18)10-13-4-2-3-5-14(13)17/h2-5,8-9H,6-7,10,18H2,1H3. The van der Waals surface area contributed by atoms with Crippen molar-refractivity contribution in [3.05, 3.63) is 57.6 Å². The first-order valence-electron chi connectivity index (χ1n) is 6.52. The van der Waals surface area contributed by atoms with Gasteiger partial charge in [-0.2, -0.15) is 0 Å². The zero-order valence-corrected chi connectivity index (χ0v) is 12.6. The third-order valence-electron chi connectivity index (χ3n) is 3.78. The Kier molecular flexibility index (Phi) is 3.23. The highest BCUT2D eigenvalue weighted by atomic mass is 79.9. The molecule has 0 unspecified atom stereocenters. The van der Waals surface area contributed by atoms with Gasteiger partial charge in [0.15, 0.2) is 0 Å². The molecular weight excluding hydrogens is 300 g/mol. The van der Waals surface area contributed by atoms with Crippen molar-refractivity contribution in [3.63, 3.8) is 0 Å². The minimum absolute atomic E-state index is 0.887. The molecule has 0 saturated heterocycles. The quantitative estimate of drug-likeness (QED) is 0.851. The SMILES string of the molecule is Cc1cc2c(cc1N)N(Cc1ccccc1Br)CC2. The Hall–Kier alpha value is -1.48. The molecule has 2 nitrogen and oxygen atoms in total. The van der Waals surface area contributed by atoms with Gasteiger partial charge in [-0.1, -0.05) is 40.2 Å². The van der Waals surface area contributed by atoms with Gasteiger partial charge in [-0.25, -0.2) is 0 Å². The molecule has 0 aliphatic carbocycles. The summed E-state index contributed by atoms with van der Waals surface area (Å²) in [7, 11) is 0. The molecule has 98 valence electrons. The molecule has 2 N–H and O–H groups in total. The van der Waals surface area contributed by atoms with Crippen LogP contribution < -0.4 is 10.6 Å². The Morgan fingerprint density at radius 3 is 2.84 bits per heavy atom. The lowest BCUT2D eigenvalue weighted by molar-refractivity contribution is 0.833. The Labute approximate surface area is 122 Å². The number of hydrogen-bond donors (Lipinski definition) is 1. The van der Waals surface area contributed by atoms with Crippen LogP contribution >= 0.6 is 15.9 Å². The van der Waals surface area contributed by atoms with E-state index in [1.165, 1.54) is 26.9 Å². The van der Waals surface area contributed by atoms with Crippen LogP contribution in [0.2, 0.25) is 0 Å². The number of aryl methyl sites for hydroxylation is 1. The fraction of sp³-hybridized carbons (Fsp3) is 0.250. The molecule has 2 aromatic carbocycles. The summed E-state index contributed by atoms with van der Waals surface area (Å²) in [6.07, 6.45) is 1.11. The van der Waals surface area contributed by atoms with E-state index in [9.17, 15) is 0 Å². The number of fused-ring (bicyclic) bond motifs is 1. The Morgan fingerprint density at radius 1 is 1.26 bits per heavy atom. The van der Waals surface area contributed by atoms with Crippen LogP contribution in [0.1, 0.15) is 16.7 Å². The van der Waals surface area contributed by atoms with Gasteiger partial charge in [0.2, 0.25) is 0 Å². The van der Waals surface area contributed by atoms with Gasteiger partial charge in [-0.05, 0) is 42.2 Å². The molecule has 0 aromatic heterocycles. The summed E-state index contributed by atoms with van der Waals surface area (Å²) < 4.78 is 1.17. The molecule has 1 aliphatic heterocycles. The summed E-state index contributed by atoms with van der Waals surface area (Å²) in [6.45, 7) is 4.07. The first-order chi connectivity index (χ1) is 9.15. The topological polar surface area (TPSA) is 29.3 Å². The summed E-state index contributed by atoms with van der Waals surface area (Å²) in [5.41, 5.74) is 12.1. The number of halogens is 1. The largest absolute Gasteiger partial charge is 0.398 e. The Balaban J connectivity index is 1.91. The predicted molar refractivity (Wildman–Crippen MR) is 84.5 cm³/mol. The normalized spacial score (nSPS) is 13.7. The number of rotatable bonds is 2. The van der Waals surface area contributed by atoms with E-state index in [-0.39, 0.29) is 0 Å². The van der Waals surface area contributed by atoms with E-state index in [2.05, 4.69) is 58.1 Å². The van der Waals surface area contributed by atoms with Crippen LogP contribution in [-0.2, 0) is 13.0 Å². The maximum Gasteiger partial charge on any atom is 0.0440 e. The smallest absolute Gasteiger partial charge is 0.0440 e. The maximum atomic E-state index is 6.04. The molecule has 0 saturated carbocycles. The molecule has 2 aromatic rings. The Morgan fingerprint density at radius 2 is 2.05 bits per heavy atom. The van der Waals surface area contributed by atoms with Crippen LogP contribution in [0.4, 0.5) is 11.4 Å². The number of hydrogen-bond acceptors (Lipinski definition) is 2. The molecule has 3 rings (SSSR count). The third kappa shape index (κ3) is 2.35. The zero-order chi connectivity index (χ0) is 13.4. The van der Waals surface area contributed by atoms with Gasteiger partial charge in [0, 0.05) is 28.9 Å². The lowest BCUT2D eigenvalue weighted by Gasteiger charge is -2.21. The highest BCUT2D eigenvalue weighted by Crippen LogP contribution is 2.33. The summed E-state index contributed by atoms with van der Waals surface area (Å²) in [5, 5.41) is 0. The number of nitrogens with two attached hydrogens (primary N) is 1. The molecule has 3 heteroatoms. The fourth-order valence-electron chi connectivity index (χ4n) is 2.64. The molecule has 19 heavy (non-hydrogen) atoms. The van der Waals surface area contributed by atoms with E-state index in [1.54, 1.807) is 0 Å². The molecule has 0 amide bonds. The number of benzene rings is 2. The predicted octanol–water partition coefficient (Wildman–Crippen LogP) is 3.90. The van der Waals surface area contributed by atoms with E-state index in [1.807, 2.05) is 6.07 Å². The zero-order valence-electron chi connectivity index (χ0n) is 11.0. The minimum Gasteiger partial charge on any atom is -0.398 e. The van der Waals surface area contributed by atoms with Crippen molar-refractivity contribution in [1.29, 1.82) is 0 Å². The van der Waals surface area contributed by atoms with Crippen LogP contribution in [0, 0.1) is 6.92 Å². The van der Waals surface area contributed by atoms with E-state index < -0.39 is 0 Å². The van der Waals surface area contributed by atoms with Crippen molar-refractivity contribution < 1.29 is 0 Å². The highest BCUT2D eigenvalue weighted by molar-refractivity contribution is 9.10. The first-order valence-corrected chi connectivity index (χ1v) is 7.32. The van der Waals surface area contributed by atoms with E-state index in [0.29, 0.717) is 0 Å². The molecule has 0 spiro atoms. The highest BCUT2D eigenvalue weighted by Gasteiger charge is 2.20. The van der Waals surface area contributed by atoms with Gasteiger partial charge in [0.1, 0.15) is 0 Å². The molecule has 0 bridgehead atoms. The van der Waals surface area contributed by atoms with E-state index in [0.717, 1.165) is 25.2 Å². The van der Waals surface area contributed by atoms with Gasteiger partial charge in [0.25, 0.3) is 0 Å². The second-order valence-corrected chi connectivity index (χ2v) is 5.95. The maximum absolute atomic E-state index is 6.04. The van der Waals surface area contributed by atoms with Crippen molar-refractivity contribution >= 4 is 27.3 Å². The summed E-state index contributed by atoms with van der Waals surface area (Å²) in [6, 6.07) is 12.7. The van der Waals surface area contributed by atoms with Crippen molar-refractivity contribution in [3.8, 4) is 0 Å². The van der Waals surface area contributed by atoms with Gasteiger partial charge in [-0.3, -0.25) is 0 Å². The first kappa shape index (κ1) is 12.5. The average Bonchev–Trinajstić information content (AvgIpc) is 2.76. The van der Waals surface area contributed by atoms with Crippen LogP contribution in [0.15, 0.2) is 40.9 Å². The van der Waals surface area contributed by atoms with E-state index in [4.69, 9.17) is 5.73 Å². The van der Waals surface area contributed by atoms with Gasteiger partial charge >= 0.3 is 0 Å². The van der Waals surface area contributed by atoms with Crippen LogP contribution in [-0.4, -0.2) is 6.54 Å². The lowest BCUT2D eigenvalue weighted by atomic mass is 10.1. The van der Waals surface area contributed by atoms with Crippen LogP contribution in [0.25, 0.3) is 0 Å². The number of nitrogen functional groups attached to an aromatic ring is 1. The molecule has 1 heterocycles. The van der Waals surface area contributed by atoms with Crippen LogP contribution in [0.5, 0.6) is 0 Å². The number of nitrogens with zero attached hydrogens (tertiary/aromatic N) is 1. The summed E-state index contributed by atoms with van der Waals surface area (Å²) in [5.74, 6) is 0. The van der Waals surface area contributed by atoms with Crippen molar-refractivity contribution in [2.24, 2.45) is 0 Å². The molecule has 0 atom stereocenters. The molecular formula is C16H17BrN2. The molecule has 0 fully saturated rings. The third-order valence-corrected chi connectivity index (χ3v) is 4.55. The lowest BCUT2D eigenvalue weighted by Crippen LogP contribution is -2.20. The van der Waals surface area contributed by atoms with Gasteiger partial charge < -0.3 is 10.6 Å².